The Morgan fingerprint density at radius 2 is 2.11 bits per heavy atom. The van der Waals surface area contributed by atoms with Gasteiger partial charge in [-0.05, 0) is 42.8 Å². The molecular formula is C15H23NO2S. The van der Waals surface area contributed by atoms with Crippen LogP contribution in [0.4, 0.5) is 0 Å². The van der Waals surface area contributed by atoms with E-state index in [2.05, 4.69) is 36.1 Å². The van der Waals surface area contributed by atoms with E-state index in [0.717, 1.165) is 18.0 Å². The zero-order chi connectivity index (χ0) is 13.7. The minimum absolute atomic E-state index is 0.400. The molecule has 1 aromatic carbocycles. The quantitative estimate of drug-likeness (QED) is 0.867. The average Bonchev–Trinajstić information content (AvgIpc) is 2.98. The van der Waals surface area contributed by atoms with Gasteiger partial charge in [-0.15, -0.1) is 0 Å². The summed E-state index contributed by atoms with van der Waals surface area (Å²) < 4.78 is 10.7. The summed E-state index contributed by atoms with van der Waals surface area (Å²) in [7, 11) is 3.36. The lowest BCUT2D eigenvalue weighted by Gasteiger charge is -2.25. The summed E-state index contributed by atoms with van der Waals surface area (Å²) in [6, 6.07) is 6.65. The van der Waals surface area contributed by atoms with E-state index in [1.54, 1.807) is 14.2 Å². The molecule has 3 nitrogen and oxygen atoms in total. The second-order valence-electron chi connectivity index (χ2n) is 4.70. The van der Waals surface area contributed by atoms with Crippen LogP contribution < -0.4 is 14.8 Å². The normalized spacial score (nSPS) is 20.3. The molecular weight excluding hydrogens is 258 g/mol. The zero-order valence-electron chi connectivity index (χ0n) is 11.9. The molecule has 2 unspecified atom stereocenters. The first-order chi connectivity index (χ1) is 9.30. The minimum atomic E-state index is 0.400. The van der Waals surface area contributed by atoms with Gasteiger partial charge in [0.1, 0.15) is 0 Å². The molecule has 1 aliphatic rings. The molecule has 1 saturated heterocycles. The van der Waals surface area contributed by atoms with E-state index >= 15 is 0 Å². The Kier molecular flexibility index (Phi) is 5.40. The summed E-state index contributed by atoms with van der Waals surface area (Å²) in [5, 5.41) is 4.28. The Balaban J connectivity index is 2.25. The highest BCUT2D eigenvalue weighted by molar-refractivity contribution is 8.00. The van der Waals surface area contributed by atoms with Crippen LogP contribution >= 0.6 is 11.8 Å². The number of hydrogen-bond acceptors (Lipinski definition) is 4. The van der Waals surface area contributed by atoms with Gasteiger partial charge < -0.3 is 14.8 Å². The van der Waals surface area contributed by atoms with Crippen LogP contribution in [0.25, 0.3) is 0 Å². The van der Waals surface area contributed by atoms with Gasteiger partial charge in [-0.2, -0.15) is 11.8 Å². The number of ether oxygens (including phenoxy) is 2. The Morgan fingerprint density at radius 3 is 2.68 bits per heavy atom. The number of methoxy groups -OCH3 is 2. The maximum atomic E-state index is 5.41. The third-order valence-electron chi connectivity index (χ3n) is 3.53. The van der Waals surface area contributed by atoms with E-state index in [9.17, 15) is 0 Å². The summed E-state index contributed by atoms with van der Waals surface area (Å²) >= 11 is 2.07. The predicted molar refractivity (Wildman–Crippen MR) is 81.4 cm³/mol. The Morgan fingerprint density at radius 1 is 1.32 bits per heavy atom. The van der Waals surface area contributed by atoms with E-state index in [4.69, 9.17) is 9.47 Å². The Bertz CT molecular complexity index is 405. The van der Waals surface area contributed by atoms with Crippen molar-refractivity contribution in [2.45, 2.75) is 31.1 Å². The summed E-state index contributed by atoms with van der Waals surface area (Å²) in [4.78, 5) is 0. The van der Waals surface area contributed by atoms with Crippen LogP contribution in [-0.2, 0) is 0 Å². The van der Waals surface area contributed by atoms with Crippen molar-refractivity contribution in [3.63, 3.8) is 0 Å². The van der Waals surface area contributed by atoms with Gasteiger partial charge in [0.2, 0.25) is 0 Å². The molecule has 1 fully saturated rings. The minimum Gasteiger partial charge on any atom is -0.493 e. The van der Waals surface area contributed by atoms with E-state index in [0.29, 0.717) is 11.3 Å². The van der Waals surface area contributed by atoms with Crippen molar-refractivity contribution in [2.24, 2.45) is 0 Å². The van der Waals surface area contributed by atoms with Crippen LogP contribution in [0.15, 0.2) is 18.2 Å². The molecule has 0 aliphatic carbocycles. The van der Waals surface area contributed by atoms with Gasteiger partial charge in [0, 0.05) is 11.3 Å². The summed E-state index contributed by atoms with van der Waals surface area (Å²) in [5.74, 6) is 2.88. The van der Waals surface area contributed by atoms with Crippen molar-refractivity contribution in [3.05, 3.63) is 23.8 Å². The molecule has 1 aliphatic heterocycles. The fourth-order valence-electron chi connectivity index (χ4n) is 2.60. The predicted octanol–water partition coefficient (Wildman–Crippen LogP) is 3.25. The van der Waals surface area contributed by atoms with Gasteiger partial charge in [0.15, 0.2) is 11.5 Å². The highest BCUT2D eigenvalue weighted by Gasteiger charge is 2.26. The highest BCUT2D eigenvalue weighted by atomic mass is 32.2. The van der Waals surface area contributed by atoms with Gasteiger partial charge in [-0.1, -0.05) is 13.0 Å². The Labute approximate surface area is 120 Å². The van der Waals surface area contributed by atoms with Crippen LogP contribution in [0.1, 0.15) is 31.4 Å². The maximum Gasteiger partial charge on any atom is 0.161 e. The van der Waals surface area contributed by atoms with Gasteiger partial charge in [-0.3, -0.25) is 0 Å². The molecule has 2 atom stereocenters. The molecule has 1 aromatic rings. The smallest absolute Gasteiger partial charge is 0.161 e. The maximum absolute atomic E-state index is 5.41. The monoisotopic (exact) mass is 281 g/mol. The molecule has 2 rings (SSSR count). The number of benzene rings is 1. The molecule has 106 valence electrons. The van der Waals surface area contributed by atoms with Gasteiger partial charge in [-0.25, -0.2) is 0 Å². The van der Waals surface area contributed by atoms with Gasteiger partial charge in [0.05, 0.1) is 14.2 Å². The van der Waals surface area contributed by atoms with E-state index in [1.807, 2.05) is 6.07 Å². The zero-order valence-corrected chi connectivity index (χ0v) is 12.8. The SMILES string of the molecule is CCNC(c1ccc(OC)c(OC)c1)C1CCCS1. The van der Waals surface area contributed by atoms with Crippen LogP contribution in [-0.4, -0.2) is 31.8 Å². The number of nitrogens with one attached hydrogen (secondary N) is 1. The van der Waals surface area contributed by atoms with Crippen molar-refractivity contribution in [1.82, 2.24) is 5.32 Å². The van der Waals surface area contributed by atoms with Gasteiger partial charge in [0.25, 0.3) is 0 Å². The lowest BCUT2D eigenvalue weighted by Crippen LogP contribution is -2.28. The van der Waals surface area contributed by atoms with Crippen molar-refractivity contribution in [3.8, 4) is 11.5 Å². The van der Waals surface area contributed by atoms with Crippen molar-refractivity contribution in [2.75, 3.05) is 26.5 Å². The molecule has 0 aromatic heterocycles. The summed E-state index contributed by atoms with van der Waals surface area (Å²) in [6.07, 6.45) is 2.61. The fourth-order valence-corrected chi connectivity index (χ4v) is 4.01. The largest absolute Gasteiger partial charge is 0.493 e. The van der Waals surface area contributed by atoms with Crippen LogP contribution in [0.3, 0.4) is 0 Å². The van der Waals surface area contributed by atoms with Crippen molar-refractivity contribution >= 4 is 11.8 Å². The molecule has 0 radical (unpaired) electrons. The molecule has 0 amide bonds. The molecule has 0 saturated carbocycles. The fraction of sp³-hybridized carbons (Fsp3) is 0.600. The topological polar surface area (TPSA) is 30.5 Å². The molecule has 0 spiro atoms. The second-order valence-corrected chi connectivity index (χ2v) is 6.05. The second kappa shape index (κ2) is 7.06. The average molecular weight is 281 g/mol. The first-order valence-corrected chi connectivity index (χ1v) is 7.92. The summed E-state index contributed by atoms with van der Waals surface area (Å²) in [5.41, 5.74) is 1.29. The van der Waals surface area contributed by atoms with E-state index in [-0.39, 0.29) is 0 Å². The van der Waals surface area contributed by atoms with Crippen LogP contribution in [0.2, 0.25) is 0 Å². The number of rotatable bonds is 6. The lowest BCUT2D eigenvalue weighted by atomic mass is 10.00. The van der Waals surface area contributed by atoms with Crippen molar-refractivity contribution in [1.29, 1.82) is 0 Å². The first-order valence-electron chi connectivity index (χ1n) is 6.87. The molecule has 0 bridgehead atoms. The Hall–Kier alpha value is -0.870. The number of thioether (sulfide) groups is 1. The van der Waals surface area contributed by atoms with Crippen molar-refractivity contribution < 1.29 is 9.47 Å². The van der Waals surface area contributed by atoms with Crippen LogP contribution in [0, 0.1) is 0 Å². The van der Waals surface area contributed by atoms with E-state index < -0.39 is 0 Å². The summed E-state index contributed by atoms with van der Waals surface area (Å²) in [6.45, 7) is 3.14. The standard InChI is InChI=1S/C15H23NO2S/c1-4-16-15(14-6-5-9-19-14)11-7-8-12(17-2)13(10-11)18-3/h7-8,10,14-16H,4-6,9H2,1-3H3. The third kappa shape index (κ3) is 3.37. The molecule has 4 heteroatoms. The van der Waals surface area contributed by atoms with Crippen LogP contribution in [0.5, 0.6) is 11.5 Å². The van der Waals surface area contributed by atoms with Gasteiger partial charge >= 0.3 is 0 Å². The molecule has 1 N–H and O–H groups in total. The van der Waals surface area contributed by atoms with E-state index in [1.165, 1.54) is 24.2 Å². The first kappa shape index (κ1) is 14.5. The molecule has 19 heavy (non-hydrogen) atoms. The molecule has 1 heterocycles. The third-order valence-corrected chi connectivity index (χ3v) is 4.99. The highest BCUT2D eigenvalue weighted by Crippen LogP contribution is 2.38. The lowest BCUT2D eigenvalue weighted by molar-refractivity contribution is 0.353. The number of hydrogen-bond donors (Lipinski definition) is 1.